The summed E-state index contributed by atoms with van der Waals surface area (Å²) in [7, 11) is -1.53. The molecule has 0 atom stereocenters. The van der Waals surface area contributed by atoms with E-state index in [0.717, 1.165) is 6.07 Å². The van der Waals surface area contributed by atoms with E-state index < -0.39 is 20.9 Å². The molecule has 0 aromatic heterocycles. The lowest BCUT2D eigenvalue weighted by atomic mass is 10.1. The summed E-state index contributed by atoms with van der Waals surface area (Å²) in [6, 6.07) is 13.6. The van der Waals surface area contributed by atoms with Gasteiger partial charge in [0.05, 0.1) is 35.4 Å². The monoisotopic (exact) mass is 485 g/mol. The van der Waals surface area contributed by atoms with Crippen molar-refractivity contribution in [1.29, 1.82) is 0 Å². The van der Waals surface area contributed by atoms with Crippen molar-refractivity contribution in [2.24, 2.45) is 0 Å². The summed E-state index contributed by atoms with van der Waals surface area (Å²) in [5.74, 6) is -0.112. The number of non-ortho nitro benzene ring substituents is 1. The van der Waals surface area contributed by atoms with Crippen LogP contribution in [0.3, 0.4) is 0 Å². The highest BCUT2D eigenvalue weighted by molar-refractivity contribution is 7.92. The fourth-order valence-corrected chi connectivity index (χ4v) is 4.65. The van der Waals surface area contributed by atoms with E-state index in [0.29, 0.717) is 16.7 Å². The molecule has 0 aliphatic carbocycles. The van der Waals surface area contributed by atoms with Crippen LogP contribution in [0.4, 0.5) is 17.1 Å². The molecule has 2 N–H and O–H groups in total. The lowest BCUT2D eigenvalue weighted by Crippen LogP contribution is -2.17. The Morgan fingerprint density at radius 2 is 1.53 bits per heavy atom. The molecule has 0 saturated carbocycles. The molecule has 0 radical (unpaired) electrons. The van der Waals surface area contributed by atoms with Gasteiger partial charge in [-0.2, -0.15) is 0 Å². The lowest BCUT2D eigenvalue weighted by molar-refractivity contribution is -0.385. The standard InChI is InChI=1S/C23H23N3O7S/c1-14-10-17(26(28)29)11-22(15(14)2)34(30,31)25-19-13-20(32-3)18(12-21(19)33-4)24-23(27)16-8-6-5-7-9-16/h5-13,25H,1-4H3,(H,24,27). The van der Waals surface area contributed by atoms with Gasteiger partial charge in [-0.25, -0.2) is 8.42 Å². The van der Waals surface area contributed by atoms with Gasteiger partial charge in [-0.15, -0.1) is 0 Å². The van der Waals surface area contributed by atoms with Gasteiger partial charge in [-0.05, 0) is 37.1 Å². The summed E-state index contributed by atoms with van der Waals surface area (Å²) in [6.07, 6.45) is 0. The van der Waals surface area contributed by atoms with Crippen LogP contribution in [-0.2, 0) is 10.0 Å². The number of benzene rings is 3. The van der Waals surface area contributed by atoms with E-state index in [1.54, 1.807) is 44.2 Å². The number of hydrogen-bond acceptors (Lipinski definition) is 7. The maximum absolute atomic E-state index is 13.2. The Morgan fingerprint density at radius 3 is 2.12 bits per heavy atom. The summed E-state index contributed by atoms with van der Waals surface area (Å²) in [5, 5.41) is 13.9. The van der Waals surface area contributed by atoms with Gasteiger partial charge in [0.25, 0.3) is 21.6 Å². The van der Waals surface area contributed by atoms with Crippen molar-refractivity contribution in [3.63, 3.8) is 0 Å². The van der Waals surface area contributed by atoms with E-state index >= 15 is 0 Å². The van der Waals surface area contributed by atoms with E-state index in [2.05, 4.69) is 10.0 Å². The Labute approximate surface area is 196 Å². The zero-order valence-corrected chi connectivity index (χ0v) is 19.7. The first-order valence-electron chi connectivity index (χ1n) is 9.98. The number of carbonyl (C=O) groups is 1. The molecule has 0 bridgehead atoms. The Morgan fingerprint density at radius 1 is 0.941 bits per heavy atom. The number of nitro benzene ring substituents is 1. The maximum atomic E-state index is 13.2. The first kappa shape index (κ1) is 24.5. The Kier molecular flexibility index (Phi) is 7.06. The van der Waals surface area contributed by atoms with E-state index in [1.807, 2.05) is 0 Å². The van der Waals surface area contributed by atoms with Crippen LogP contribution in [0.2, 0.25) is 0 Å². The average Bonchev–Trinajstić information content (AvgIpc) is 2.81. The largest absolute Gasteiger partial charge is 0.494 e. The highest BCUT2D eigenvalue weighted by atomic mass is 32.2. The summed E-state index contributed by atoms with van der Waals surface area (Å²) in [6.45, 7) is 3.16. The predicted molar refractivity (Wildman–Crippen MR) is 127 cm³/mol. The summed E-state index contributed by atoms with van der Waals surface area (Å²) < 4.78 is 39.4. The first-order valence-corrected chi connectivity index (χ1v) is 11.5. The molecule has 3 aromatic carbocycles. The lowest BCUT2D eigenvalue weighted by Gasteiger charge is -2.18. The SMILES string of the molecule is COc1cc(NS(=O)(=O)c2cc([N+](=O)[O-])cc(C)c2C)c(OC)cc1NC(=O)c1ccccc1. The fraction of sp³-hybridized carbons (Fsp3) is 0.174. The van der Waals surface area contributed by atoms with Gasteiger partial charge in [0, 0.05) is 29.8 Å². The first-order chi connectivity index (χ1) is 16.1. The Hall–Kier alpha value is -4.12. The Balaban J connectivity index is 2.01. The molecular weight excluding hydrogens is 462 g/mol. The number of carbonyl (C=O) groups excluding carboxylic acids is 1. The van der Waals surface area contributed by atoms with Crippen LogP contribution in [0, 0.1) is 24.0 Å². The topological polar surface area (TPSA) is 137 Å². The molecule has 34 heavy (non-hydrogen) atoms. The third kappa shape index (κ3) is 5.09. The number of amides is 1. The second-order valence-electron chi connectivity index (χ2n) is 7.32. The van der Waals surface area contributed by atoms with Gasteiger partial charge in [-0.1, -0.05) is 18.2 Å². The number of aryl methyl sites for hydroxylation is 1. The maximum Gasteiger partial charge on any atom is 0.271 e. The molecule has 178 valence electrons. The summed E-state index contributed by atoms with van der Waals surface area (Å²) >= 11 is 0. The van der Waals surface area contributed by atoms with Crippen molar-refractivity contribution >= 4 is 33.0 Å². The van der Waals surface area contributed by atoms with Crippen LogP contribution in [0.1, 0.15) is 21.5 Å². The molecule has 3 aromatic rings. The minimum Gasteiger partial charge on any atom is -0.494 e. The predicted octanol–water partition coefficient (Wildman–Crippen LogP) is 4.28. The van der Waals surface area contributed by atoms with Gasteiger partial charge in [0.2, 0.25) is 0 Å². The summed E-state index contributed by atoms with van der Waals surface area (Å²) in [5.41, 5.74) is 1.20. The van der Waals surface area contributed by atoms with Gasteiger partial charge in [0.1, 0.15) is 11.5 Å². The second kappa shape index (κ2) is 9.79. The minimum atomic E-state index is -4.24. The number of ether oxygens (including phenoxy) is 2. The molecule has 0 aliphatic heterocycles. The molecule has 11 heteroatoms. The van der Waals surface area contributed by atoms with Crippen LogP contribution >= 0.6 is 0 Å². The van der Waals surface area contributed by atoms with E-state index in [4.69, 9.17) is 9.47 Å². The number of nitro groups is 1. The molecule has 0 spiro atoms. The van der Waals surface area contributed by atoms with Gasteiger partial charge < -0.3 is 14.8 Å². The van der Waals surface area contributed by atoms with Crippen molar-refractivity contribution in [2.45, 2.75) is 18.7 Å². The molecule has 1 amide bonds. The molecule has 0 heterocycles. The highest BCUT2D eigenvalue weighted by Crippen LogP contribution is 2.38. The van der Waals surface area contributed by atoms with Crippen LogP contribution in [-0.4, -0.2) is 33.5 Å². The van der Waals surface area contributed by atoms with Crippen LogP contribution < -0.4 is 19.5 Å². The van der Waals surface area contributed by atoms with Crippen molar-refractivity contribution in [2.75, 3.05) is 24.3 Å². The molecule has 0 aliphatic rings. The van der Waals surface area contributed by atoms with Crippen molar-refractivity contribution in [3.8, 4) is 11.5 Å². The third-order valence-electron chi connectivity index (χ3n) is 5.15. The van der Waals surface area contributed by atoms with Crippen molar-refractivity contribution in [1.82, 2.24) is 0 Å². The van der Waals surface area contributed by atoms with Crippen LogP contribution in [0.5, 0.6) is 11.5 Å². The second-order valence-corrected chi connectivity index (χ2v) is 8.97. The van der Waals surface area contributed by atoms with E-state index in [9.17, 15) is 23.3 Å². The number of rotatable bonds is 8. The zero-order chi connectivity index (χ0) is 25.0. The molecular formula is C23H23N3O7S. The number of methoxy groups -OCH3 is 2. The van der Waals surface area contributed by atoms with Gasteiger partial charge >= 0.3 is 0 Å². The Bertz CT molecular complexity index is 1360. The van der Waals surface area contributed by atoms with Crippen molar-refractivity contribution < 1.29 is 27.6 Å². The number of sulfonamides is 1. The normalized spacial score (nSPS) is 10.9. The summed E-state index contributed by atoms with van der Waals surface area (Å²) in [4.78, 5) is 22.9. The van der Waals surface area contributed by atoms with E-state index in [1.165, 1.54) is 32.4 Å². The number of nitrogens with zero attached hydrogens (tertiary/aromatic N) is 1. The van der Waals surface area contributed by atoms with Gasteiger partial charge in [0.15, 0.2) is 0 Å². The third-order valence-corrected chi connectivity index (χ3v) is 6.65. The quantitative estimate of drug-likeness (QED) is 0.359. The van der Waals surface area contributed by atoms with E-state index in [-0.39, 0.29) is 33.5 Å². The smallest absolute Gasteiger partial charge is 0.271 e. The highest BCUT2D eigenvalue weighted by Gasteiger charge is 2.25. The van der Waals surface area contributed by atoms with Gasteiger partial charge in [-0.3, -0.25) is 19.6 Å². The molecule has 0 saturated heterocycles. The molecule has 0 fully saturated rings. The number of nitrogens with one attached hydrogen (secondary N) is 2. The average molecular weight is 486 g/mol. The van der Waals surface area contributed by atoms with Crippen LogP contribution in [0.25, 0.3) is 0 Å². The van der Waals surface area contributed by atoms with Crippen molar-refractivity contribution in [3.05, 3.63) is 81.4 Å². The fourth-order valence-electron chi connectivity index (χ4n) is 3.25. The van der Waals surface area contributed by atoms with Crippen LogP contribution in [0.15, 0.2) is 59.5 Å². The molecule has 10 nitrogen and oxygen atoms in total. The minimum absolute atomic E-state index is 0.0284. The molecule has 3 rings (SSSR count). The number of anilines is 2. The molecule has 0 unspecified atom stereocenters. The zero-order valence-electron chi connectivity index (χ0n) is 18.9. The number of hydrogen-bond donors (Lipinski definition) is 2.